The van der Waals surface area contributed by atoms with Crippen molar-refractivity contribution in [1.82, 2.24) is 10.2 Å². The molecule has 5 nitrogen and oxygen atoms in total. The molecule has 1 heterocycles. The maximum absolute atomic E-state index is 14.8. The van der Waals surface area contributed by atoms with Crippen LogP contribution < -0.4 is 5.32 Å². The molecule has 1 aromatic rings. The quantitative estimate of drug-likeness (QED) is 0.472. The van der Waals surface area contributed by atoms with E-state index in [1.54, 1.807) is 13.8 Å². The van der Waals surface area contributed by atoms with Crippen molar-refractivity contribution in [1.29, 1.82) is 0 Å². The number of alkyl halides is 3. The van der Waals surface area contributed by atoms with E-state index >= 15 is 0 Å². The number of carbonyl (C=O) groups is 3. The number of hydrogen-bond acceptors (Lipinski definition) is 3. The lowest BCUT2D eigenvalue weighted by molar-refractivity contribution is -0.194. The van der Waals surface area contributed by atoms with Crippen molar-refractivity contribution in [2.24, 2.45) is 11.3 Å². The Hall–Kier alpha value is -2.71. The van der Waals surface area contributed by atoms with Crippen LogP contribution in [0, 0.1) is 17.2 Å². The lowest BCUT2D eigenvalue weighted by atomic mass is 9.72. The second-order valence-electron chi connectivity index (χ2n) is 11.4. The molecule has 9 heteroatoms. The van der Waals surface area contributed by atoms with Crippen molar-refractivity contribution in [3.8, 4) is 0 Å². The lowest BCUT2D eigenvalue weighted by Gasteiger charge is -2.35. The van der Waals surface area contributed by atoms with Crippen LogP contribution in [-0.4, -0.2) is 40.8 Å². The number of allylic oxidation sites excluding steroid dienone is 1. The fourth-order valence-corrected chi connectivity index (χ4v) is 6.04. The van der Waals surface area contributed by atoms with E-state index < -0.39 is 46.1 Å². The summed E-state index contributed by atoms with van der Waals surface area (Å²) in [5, 5.41) is 2.03. The van der Waals surface area contributed by atoms with Crippen LogP contribution in [-0.2, 0) is 20.8 Å². The van der Waals surface area contributed by atoms with Crippen LogP contribution in [0.2, 0.25) is 0 Å². The predicted octanol–water partition coefficient (Wildman–Crippen LogP) is 5.63. The van der Waals surface area contributed by atoms with Crippen molar-refractivity contribution in [2.75, 3.05) is 6.54 Å². The van der Waals surface area contributed by atoms with Crippen molar-refractivity contribution in [2.45, 2.75) is 89.8 Å². The first-order chi connectivity index (χ1) is 17.3. The van der Waals surface area contributed by atoms with Crippen molar-refractivity contribution in [3.05, 3.63) is 46.9 Å². The average molecular weight is 523 g/mol. The van der Waals surface area contributed by atoms with E-state index in [0.717, 1.165) is 37.0 Å². The Balaban J connectivity index is 1.65. The number of amides is 2. The molecule has 2 aliphatic carbocycles. The Bertz CT molecular complexity index is 1090. The summed E-state index contributed by atoms with van der Waals surface area (Å²) in [6.45, 7) is 3.42. The molecule has 4 rings (SSSR count). The Morgan fingerprint density at radius 1 is 1.05 bits per heavy atom. The topological polar surface area (TPSA) is 66.5 Å². The fraction of sp³-hybridized carbons (Fsp3) is 0.607. The van der Waals surface area contributed by atoms with Crippen LogP contribution >= 0.6 is 0 Å². The van der Waals surface area contributed by atoms with Crippen LogP contribution in [0.1, 0.15) is 77.2 Å². The number of nitrogens with zero attached hydrogens (tertiary/aromatic N) is 1. The lowest BCUT2D eigenvalue weighted by Crippen LogP contribution is -2.66. The van der Waals surface area contributed by atoms with Gasteiger partial charge in [-0.25, -0.2) is 4.39 Å². The summed E-state index contributed by atoms with van der Waals surface area (Å²) in [7, 11) is 0. The number of carbonyl (C=O) groups excluding carboxylic acids is 3. The molecular weight excluding hydrogens is 488 g/mol. The summed E-state index contributed by atoms with van der Waals surface area (Å²) in [6, 6.07) is 5.49. The molecule has 2 amide bonds. The number of ketones is 1. The van der Waals surface area contributed by atoms with Crippen molar-refractivity contribution >= 4 is 17.6 Å². The molecule has 1 N–H and O–H groups in total. The Labute approximate surface area is 214 Å². The third-order valence-corrected chi connectivity index (χ3v) is 7.91. The van der Waals surface area contributed by atoms with Gasteiger partial charge in [-0.05, 0) is 48.3 Å². The molecule has 1 aromatic carbocycles. The number of Topliss-reactive ketones (excluding diaryl/α,β-unsaturated/α-hetero) is 1. The minimum absolute atomic E-state index is 0.0262. The van der Waals surface area contributed by atoms with Gasteiger partial charge in [0.05, 0.1) is 5.57 Å². The third-order valence-electron chi connectivity index (χ3n) is 7.91. The van der Waals surface area contributed by atoms with Crippen LogP contribution in [0.15, 0.2) is 35.5 Å². The monoisotopic (exact) mass is 522 g/mol. The zero-order chi connectivity index (χ0) is 27.0. The molecule has 1 fully saturated rings. The van der Waals surface area contributed by atoms with Gasteiger partial charge in [-0.15, -0.1) is 0 Å². The molecule has 0 bridgehead atoms. The van der Waals surface area contributed by atoms with Gasteiger partial charge in [0.25, 0.3) is 5.91 Å². The summed E-state index contributed by atoms with van der Waals surface area (Å²) >= 11 is 0. The SMILES string of the molecule is CC1(C)CC(=O)C2=C(C1)N(CCc1ccc(F)cc1)C(=O)C2(NC(=O)CCC1CCCCC1)C(F)(F)F. The number of rotatable bonds is 7. The number of hydrogen-bond donors (Lipinski definition) is 1. The van der Waals surface area contributed by atoms with E-state index in [1.165, 1.54) is 24.3 Å². The first-order valence-electron chi connectivity index (χ1n) is 13.0. The highest BCUT2D eigenvalue weighted by atomic mass is 19.4. The van der Waals surface area contributed by atoms with Crippen molar-refractivity contribution in [3.63, 3.8) is 0 Å². The molecule has 202 valence electrons. The van der Waals surface area contributed by atoms with Gasteiger partial charge in [0.2, 0.25) is 11.4 Å². The second kappa shape index (κ2) is 10.2. The zero-order valence-corrected chi connectivity index (χ0v) is 21.3. The first-order valence-corrected chi connectivity index (χ1v) is 13.0. The highest BCUT2D eigenvalue weighted by Crippen LogP contribution is 2.51. The molecule has 0 radical (unpaired) electrons. The maximum Gasteiger partial charge on any atom is 0.425 e. The summed E-state index contributed by atoms with van der Waals surface area (Å²) in [4.78, 5) is 40.8. The molecule has 0 saturated heterocycles. The third kappa shape index (κ3) is 5.46. The number of nitrogens with one attached hydrogen (secondary N) is 1. The van der Waals surface area contributed by atoms with Gasteiger partial charge in [0.1, 0.15) is 5.82 Å². The smallest absolute Gasteiger partial charge is 0.330 e. The summed E-state index contributed by atoms with van der Waals surface area (Å²) < 4.78 is 57.8. The molecule has 37 heavy (non-hydrogen) atoms. The van der Waals surface area contributed by atoms with Gasteiger partial charge in [-0.3, -0.25) is 14.4 Å². The van der Waals surface area contributed by atoms with Crippen LogP contribution in [0.4, 0.5) is 17.6 Å². The van der Waals surface area contributed by atoms with Gasteiger partial charge in [-0.1, -0.05) is 58.1 Å². The minimum atomic E-state index is -5.20. The molecule has 1 saturated carbocycles. The molecule has 1 aliphatic heterocycles. The Morgan fingerprint density at radius 2 is 1.70 bits per heavy atom. The molecule has 1 atom stereocenters. The van der Waals surface area contributed by atoms with Crippen LogP contribution in [0.5, 0.6) is 0 Å². The molecule has 0 aromatic heterocycles. The van der Waals surface area contributed by atoms with Crippen LogP contribution in [0.3, 0.4) is 0 Å². The van der Waals surface area contributed by atoms with Gasteiger partial charge in [0, 0.05) is 25.1 Å². The fourth-order valence-electron chi connectivity index (χ4n) is 6.04. The summed E-state index contributed by atoms with van der Waals surface area (Å²) in [5.41, 5.74) is -4.01. The van der Waals surface area contributed by atoms with E-state index in [0.29, 0.717) is 12.0 Å². The van der Waals surface area contributed by atoms with Gasteiger partial charge in [0.15, 0.2) is 5.78 Å². The van der Waals surface area contributed by atoms with E-state index in [-0.39, 0.29) is 43.8 Å². The predicted molar refractivity (Wildman–Crippen MR) is 130 cm³/mol. The van der Waals surface area contributed by atoms with Gasteiger partial charge in [-0.2, -0.15) is 13.2 Å². The van der Waals surface area contributed by atoms with Gasteiger partial charge < -0.3 is 10.2 Å². The summed E-state index contributed by atoms with van der Waals surface area (Å²) in [6.07, 6.45) is 0.322. The van der Waals surface area contributed by atoms with E-state index in [9.17, 15) is 31.9 Å². The Kier molecular flexibility index (Phi) is 7.55. The van der Waals surface area contributed by atoms with Gasteiger partial charge >= 0.3 is 6.18 Å². The van der Waals surface area contributed by atoms with E-state index in [1.807, 2.05) is 5.32 Å². The minimum Gasteiger partial charge on any atom is -0.330 e. The normalized spacial score (nSPS) is 24.4. The first kappa shape index (κ1) is 27.3. The van der Waals surface area contributed by atoms with E-state index in [4.69, 9.17) is 0 Å². The van der Waals surface area contributed by atoms with E-state index in [2.05, 4.69) is 0 Å². The Morgan fingerprint density at radius 3 is 2.32 bits per heavy atom. The zero-order valence-electron chi connectivity index (χ0n) is 21.3. The largest absolute Gasteiger partial charge is 0.425 e. The highest BCUT2D eigenvalue weighted by molar-refractivity contribution is 6.13. The average Bonchev–Trinajstić information content (AvgIpc) is 3.05. The summed E-state index contributed by atoms with van der Waals surface area (Å²) in [5.74, 6) is -3.16. The molecule has 3 aliphatic rings. The maximum atomic E-state index is 14.8. The second-order valence-corrected chi connectivity index (χ2v) is 11.4. The number of benzene rings is 1. The van der Waals surface area contributed by atoms with Crippen molar-refractivity contribution < 1.29 is 31.9 Å². The van der Waals surface area contributed by atoms with Crippen LogP contribution in [0.25, 0.3) is 0 Å². The molecular formula is C28H34F4N2O3. The highest BCUT2D eigenvalue weighted by Gasteiger charge is 2.71. The molecule has 0 spiro atoms. The number of halogens is 4. The standard InChI is InChI=1S/C28H34F4N2O3/c1-26(2)16-21-24(22(35)17-26)27(28(30,31)32,33-23(36)13-10-18-6-4-3-5-7-18)25(37)34(21)15-14-19-8-11-20(29)12-9-19/h8-9,11-12,18H,3-7,10,13-17H2,1-2H3,(H,33,36). The molecule has 1 unspecified atom stereocenters.